The van der Waals surface area contributed by atoms with E-state index in [1.807, 2.05) is 37.3 Å². The van der Waals surface area contributed by atoms with Gasteiger partial charge in [0.2, 0.25) is 0 Å². The van der Waals surface area contributed by atoms with Crippen LogP contribution in [0.25, 0.3) is 11.4 Å². The summed E-state index contributed by atoms with van der Waals surface area (Å²) in [4.78, 5) is 18.6. The third-order valence-electron chi connectivity index (χ3n) is 3.09. The fourth-order valence-electron chi connectivity index (χ4n) is 2.03. The summed E-state index contributed by atoms with van der Waals surface area (Å²) >= 11 is 0. The van der Waals surface area contributed by atoms with Gasteiger partial charge >= 0.3 is 5.97 Å². The number of nitrogens with one attached hydrogen (secondary N) is 2. The molecule has 0 spiro atoms. The molecule has 0 aliphatic heterocycles. The quantitative estimate of drug-likeness (QED) is 0.724. The number of carboxylic acid groups (broad SMARTS) is 1. The Morgan fingerprint density at radius 3 is 2.80 bits per heavy atom. The lowest BCUT2D eigenvalue weighted by molar-refractivity contribution is -0.139. The largest absolute Gasteiger partial charge is 0.480 e. The van der Waals surface area contributed by atoms with Crippen molar-refractivity contribution in [1.82, 2.24) is 15.3 Å². The van der Waals surface area contributed by atoms with Crippen LogP contribution in [-0.4, -0.2) is 27.1 Å². The maximum absolute atomic E-state index is 11.0. The van der Waals surface area contributed by atoms with E-state index in [2.05, 4.69) is 15.3 Å². The Labute approximate surface area is 118 Å². The van der Waals surface area contributed by atoms with E-state index in [9.17, 15) is 4.79 Å². The maximum Gasteiger partial charge on any atom is 0.320 e. The molecule has 0 aliphatic carbocycles. The number of hydrogen-bond acceptors (Lipinski definition) is 3. The minimum Gasteiger partial charge on any atom is -0.480 e. The fraction of sp³-hybridized carbons (Fsp3) is 0.333. The van der Waals surface area contributed by atoms with Gasteiger partial charge < -0.3 is 10.1 Å². The highest BCUT2D eigenvalue weighted by molar-refractivity contribution is 5.73. The smallest absolute Gasteiger partial charge is 0.320 e. The minimum atomic E-state index is -0.811. The van der Waals surface area contributed by atoms with Gasteiger partial charge in [-0.1, -0.05) is 43.7 Å². The molecule has 1 aromatic heterocycles. The first-order valence-electron chi connectivity index (χ1n) is 6.76. The van der Waals surface area contributed by atoms with E-state index in [4.69, 9.17) is 5.11 Å². The van der Waals surface area contributed by atoms with Gasteiger partial charge in [0.1, 0.15) is 11.9 Å². The van der Waals surface area contributed by atoms with E-state index < -0.39 is 12.0 Å². The normalized spacial score (nSPS) is 12.2. The molecule has 1 aromatic carbocycles. The number of H-pyrrole nitrogens is 1. The summed E-state index contributed by atoms with van der Waals surface area (Å²) in [5.41, 5.74) is 1.90. The van der Waals surface area contributed by atoms with Crippen molar-refractivity contribution >= 4 is 5.97 Å². The number of imidazole rings is 1. The Morgan fingerprint density at radius 2 is 2.15 bits per heavy atom. The van der Waals surface area contributed by atoms with E-state index in [0.717, 1.165) is 23.5 Å². The molecule has 1 unspecified atom stereocenters. The summed E-state index contributed by atoms with van der Waals surface area (Å²) in [7, 11) is 0. The molecular weight excluding hydrogens is 254 g/mol. The molecule has 5 nitrogen and oxygen atoms in total. The summed E-state index contributed by atoms with van der Waals surface area (Å²) in [5.74, 6) is -0.0144. The molecule has 5 heteroatoms. The molecular formula is C15H19N3O2. The first-order chi connectivity index (χ1) is 9.70. The topological polar surface area (TPSA) is 78.0 Å². The van der Waals surface area contributed by atoms with E-state index >= 15 is 0 Å². The first kappa shape index (κ1) is 14.3. The average Bonchev–Trinajstić information content (AvgIpc) is 2.93. The van der Waals surface area contributed by atoms with Crippen LogP contribution in [-0.2, 0) is 11.3 Å². The van der Waals surface area contributed by atoms with Gasteiger partial charge in [0, 0.05) is 24.0 Å². The van der Waals surface area contributed by atoms with Gasteiger partial charge in [-0.3, -0.25) is 10.1 Å². The second-order valence-electron chi connectivity index (χ2n) is 4.68. The third kappa shape index (κ3) is 3.68. The molecule has 0 saturated heterocycles. The number of carbonyl (C=O) groups is 1. The van der Waals surface area contributed by atoms with Crippen LogP contribution in [0, 0.1) is 0 Å². The number of benzene rings is 1. The SMILES string of the molecule is CCCC(NCc1cnc(-c2ccccc2)[nH]1)C(=O)O. The van der Waals surface area contributed by atoms with Crippen LogP contribution in [0.15, 0.2) is 36.5 Å². The van der Waals surface area contributed by atoms with Crippen molar-refractivity contribution in [3.05, 3.63) is 42.2 Å². The van der Waals surface area contributed by atoms with E-state index in [1.165, 1.54) is 0 Å². The molecule has 106 valence electrons. The van der Waals surface area contributed by atoms with Crippen molar-refractivity contribution in [1.29, 1.82) is 0 Å². The second-order valence-corrected chi connectivity index (χ2v) is 4.68. The van der Waals surface area contributed by atoms with Crippen molar-refractivity contribution in [2.75, 3.05) is 0 Å². The van der Waals surface area contributed by atoms with Crippen LogP contribution in [0.4, 0.5) is 0 Å². The van der Waals surface area contributed by atoms with Gasteiger partial charge in [0.25, 0.3) is 0 Å². The summed E-state index contributed by atoms with van der Waals surface area (Å²) < 4.78 is 0. The molecule has 3 N–H and O–H groups in total. The van der Waals surface area contributed by atoms with Crippen molar-refractivity contribution in [3.8, 4) is 11.4 Å². The number of aliphatic carboxylic acids is 1. The van der Waals surface area contributed by atoms with Gasteiger partial charge in [0.15, 0.2) is 0 Å². The number of hydrogen-bond donors (Lipinski definition) is 3. The summed E-state index contributed by atoms with van der Waals surface area (Å²) in [6, 6.07) is 9.32. The van der Waals surface area contributed by atoms with E-state index in [-0.39, 0.29) is 0 Å². The first-order valence-corrected chi connectivity index (χ1v) is 6.76. The predicted octanol–water partition coefficient (Wildman–Crippen LogP) is 2.42. The molecule has 20 heavy (non-hydrogen) atoms. The van der Waals surface area contributed by atoms with Gasteiger partial charge in [0.05, 0.1) is 0 Å². The highest BCUT2D eigenvalue weighted by Crippen LogP contribution is 2.14. The zero-order valence-corrected chi connectivity index (χ0v) is 11.5. The van der Waals surface area contributed by atoms with Crippen LogP contribution < -0.4 is 5.32 Å². The molecule has 0 bridgehead atoms. The Bertz CT molecular complexity index is 551. The van der Waals surface area contributed by atoms with Crippen LogP contribution in [0.5, 0.6) is 0 Å². The van der Waals surface area contributed by atoms with Crippen molar-refractivity contribution in [2.24, 2.45) is 0 Å². The second kappa shape index (κ2) is 6.86. The van der Waals surface area contributed by atoms with Crippen molar-refractivity contribution in [3.63, 3.8) is 0 Å². The molecule has 1 heterocycles. The monoisotopic (exact) mass is 273 g/mol. The lowest BCUT2D eigenvalue weighted by Gasteiger charge is -2.12. The summed E-state index contributed by atoms with van der Waals surface area (Å²) in [6.07, 6.45) is 3.19. The van der Waals surface area contributed by atoms with Crippen LogP contribution >= 0.6 is 0 Å². The predicted molar refractivity (Wildman–Crippen MR) is 77.2 cm³/mol. The third-order valence-corrected chi connectivity index (χ3v) is 3.09. The lowest BCUT2D eigenvalue weighted by atomic mass is 10.1. The Balaban J connectivity index is 1.98. The van der Waals surface area contributed by atoms with E-state index in [1.54, 1.807) is 6.20 Å². The fourth-order valence-corrected chi connectivity index (χ4v) is 2.03. The zero-order valence-electron chi connectivity index (χ0n) is 11.5. The highest BCUT2D eigenvalue weighted by atomic mass is 16.4. The number of rotatable bonds is 7. The molecule has 0 saturated carbocycles. The number of aromatic amines is 1. The standard InChI is InChI=1S/C15H19N3O2/c1-2-6-13(15(19)20)16-9-12-10-17-14(18-12)11-7-4-3-5-8-11/h3-5,7-8,10,13,16H,2,6,9H2,1H3,(H,17,18)(H,19,20). The average molecular weight is 273 g/mol. The molecule has 1 atom stereocenters. The van der Waals surface area contributed by atoms with Crippen LogP contribution in [0.1, 0.15) is 25.5 Å². The van der Waals surface area contributed by atoms with Crippen LogP contribution in [0.3, 0.4) is 0 Å². The van der Waals surface area contributed by atoms with Crippen molar-refractivity contribution in [2.45, 2.75) is 32.4 Å². The van der Waals surface area contributed by atoms with Crippen molar-refractivity contribution < 1.29 is 9.90 Å². The molecule has 0 fully saturated rings. The Hall–Kier alpha value is -2.14. The van der Waals surface area contributed by atoms with Gasteiger partial charge in [-0.25, -0.2) is 4.98 Å². The summed E-state index contributed by atoms with van der Waals surface area (Å²) in [5, 5.41) is 12.1. The van der Waals surface area contributed by atoms with Gasteiger partial charge in [-0.2, -0.15) is 0 Å². The van der Waals surface area contributed by atoms with E-state index in [0.29, 0.717) is 13.0 Å². The molecule has 0 aliphatic rings. The molecule has 2 aromatic rings. The number of carboxylic acids is 1. The minimum absolute atomic E-state index is 0.469. The Morgan fingerprint density at radius 1 is 1.40 bits per heavy atom. The Kier molecular flexibility index (Phi) is 4.90. The highest BCUT2D eigenvalue weighted by Gasteiger charge is 2.15. The number of nitrogens with zero attached hydrogens (tertiary/aromatic N) is 1. The van der Waals surface area contributed by atoms with Gasteiger partial charge in [-0.15, -0.1) is 0 Å². The molecule has 0 radical (unpaired) electrons. The van der Waals surface area contributed by atoms with Crippen LogP contribution in [0.2, 0.25) is 0 Å². The lowest BCUT2D eigenvalue weighted by Crippen LogP contribution is -2.36. The number of aromatic nitrogens is 2. The zero-order chi connectivity index (χ0) is 14.4. The van der Waals surface area contributed by atoms with Gasteiger partial charge in [-0.05, 0) is 6.42 Å². The maximum atomic E-state index is 11.0. The summed E-state index contributed by atoms with van der Waals surface area (Å²) in [6.45, 7) is 2.44. The molecule has 2 rings (SSSR count). The molecule has 0 amide bonds.